The van der Waals surface area contributed by atoms with Crippen LogP contribution in [0.25, 0.3) is 21.9 Å². The molecular weight excluding hydrogens is 721 g/mol. The molecular formula is C39H37ClF5N3O5. The molecule has 2 fully saturated rings. The topological polar surface area (TPSA) is 111 Å². The van der Waals surface area contributed by atoms with Gasteiger partial charge in [-0.1, -0.05) is 66.2 Å². The molecule has 1 saturated heterocycles. The average molecular weight is 758 g/mol. The summed E-state index contributed by atoms with van der Waals surface area (Å²) in [6, 6.07) is 17.9. The van der Waals surface area contributed by atoms with Crippen LogP contribution in [0.4, 0.5) is 22.0 Å². The number of ether oxygens (including phenoxy) is 2. The van der Waals surface area contributed by atoms with Crippen LogP contribution < -0.4 is 15.8 Å². The summed E-state index contributed by atoms with van der Waals surface area (Å²) in [6.45, 7) is 0.0309. The van der Waals surface area contributed by atoms with Gasteiger partial charge in [0.05, 0.1) is 6.10 Å². The zero-order chi connectivity index (χ0) is 37.9. The molecule has 0 bridgehead atoms. The average Bonchev–Trinajstić information content (AvgIpc) is 3.65. The molecule has 53 heavy (non-hydrogen) atoms. The molecule has 2 atom stereocenters. The molecule has 4 aromatic rings. The summed E-state index contributed by atoms with van der Waals surface area (Å²) in [5, 5.41) is 3.52. The van der Waals surface area contributed by atoms with Crippen LogP contribution in [0.5, 0.6) is 5.75 Å². The van der Waals surface area contributed by atoms with Crippen molar-refractivity contribution in [1.82, 2.24) is 10.2 Å². The Bertz CT molecular complexity index is 1940. The standard InChI is InChI=1S/C39H37ClF5N3O5/c40-29-14-9-24(10-15-29)23-7-12-28(13-8-23)38(41,42)34(36(50)48-19-17-30(46)18-20-48)47-35(49)33(53-37(51)39(43,44)45)27-6-5-26-22-32(16-11-25(26)21-27)52-31-3-1-2-4-31/h5-16,21-22,30-31,33-34H,1-4,17-20,46H2,(H,47,49)/t33-,34+/m1/s1. The normalized spacial score (nSPS) is 17.0. The molecule has 2 aliphatic rings. The van der Waals surface area contributed by atoms with Gasteiger partial charge in [-0.25, -0.2) is 4.79 Å². The summed E-state index contributed by atoms with van der Waals surface area (Å²) in [7, 11) is 0. The van der Waals surface area contributed by atoms with Crippen molar-refractivity contribution in [2.75, 3.05) is 13.1 Å². The third-order valence-electron chi connectivity index (χ3n) is 9.63. The number of alkyl halides is 5. The number of hydrogen-bond donors (Lipinski definition) is 2. The van der Waals surface area contributed by atoms with E-state index >= 15 is 8.78 Å². The maximum atomic E-state index is 16.6. The molecule has 0 aromatic heterocycles. The van der Waals surface area contributed by atoms with Crippen LogP contribution in [-0.4, -0.2) is 60.1 Å². The number of esters is 1. The summed E-state index contributed by atoms with van der Waals surface area (Å²) < 4.78 is 84.3. The number of amides is 2. The number of fused-ring (bicyclic) bond motifs is 1. The highest BCUT2D eigenvalue weighted by Gasteiger charge is 2.50. The number of carbonyl (C=O) groups is 3. The fourth-order valence-corrected chi connectivity index (χ4v) is 6.77. The third kappa shape index (κ3) is 8.90. The third-order valence-corrected chi connectivity index (χ3v) is 9.88. The number of likely N-dealkylation sites (tertiary alicyclic amines) is 1. The van der Waals surface area contributed by atoms with Crippen LogP contribution in [0.2, 0.25) is 5.02 Å². The molecule has 1 heterocycles. The lowest BCUT2D eigenvalue weighted by molar-refractivity contribution is -0.206. The first-order valence-electron chi connectivity index (χ1n) is 17.3. The maximum Gasteiger partial charge on any atom is 0.490 e. The van der Waals surface area contributed by atoms with E-state index in [2.05, 4.69) is 4.74 Å². The molecule has 1 aliphatic heterocycles. The molecule has 2 amide bonds. The van der Waals surface area contributed by atoms with Gasteiger partial charge in [0.2, 0.25) is 6.10 Å². The van der Waals surface area contributed by atoms with Gasteiger partial charge in [-0.05, 0) is 90.8 Å². The Balaban J connectivity index is 1.32. The lowest BCUT2D eigenvalue weighted by Crippen LogP contribution is -2.58. The van der Waals surface area contributed by atoms with Crippen LogP contribution >= 0.6 is 11.6 Å². The Morgan fingerprint density at radius 1 is 0.792 bits per heavy atom. The molecule has 3 N–H and O–H groups in total. The number of halogens is 6. The van der Waals surface area contributed by atoms with E-state index in [1.807, 2.05) is 5.32 Å². The molecule has 14 heteroatoms. The van der Waals surface area contributed by atoms with Gasteiger partial charge in [0, 0.05) is 35.3 Å². The second kappa shape index (κ2) is 15.7. The van der Waals surface area contributed by atoms with E-state index in [-0.39, 0.29) is 30.8 Å². The number of carbonyl (C=O) groups excluding carboxylic acids is 3. The van der Waals surface area contributed by atoms with Gasteiger partial charge in [-0.3, -0.25) is 9.59 Å². The molecule has 0 unspecified atom stereocenters. The highest BCUT2D eigenvalue weighted by Crippen LogP contribution is 2.36. The van der Waals surface area contributed by atoms with Crippen molar-refractivity contribution in [3.63, 3.8) is 0 Å². The van der Waals surface area contributed by atoms with Gasteiger partial charge in [0.25, 0.3) is 11.8 Å². The Kier molecular flexibility index (Phi) is 11.2. The molecule has 1 aliphatic carbocycles. The number of rotatable bonds is 10. The van der Waals surface area contributed by atoms with Crippen molar-refractivity contribution in [3.05, 3.63) is 101 Å². The van der Waals surface area contributed by atoms with Crippen molar-refractivity contribution >= 4 is 40.2 Å². The second-order valence-corrected chi connectivity index (χ2v) is 13.8. The first-order valence-corrected chi connectivity index (χ1v) is 17.6. The van der Waals surface area contributed by atoms with Crippen LogP contribution in [0.15, 0.2) is 84.9 Å². The molecule has 4 aromatic carbocycles. The van der Waals surface area contributed by atoms with Crippen molar-refractivity contribution < 1.29 is 45.8 Å². The van der Waals surface area contributed by atoms with Crippen molar-refractivity contribution in [3.8, 4) is 16.9 Å². The van der Waals surface area contributed by atoms with E-state index in [0.29, 0.717) is 45.5 Å². The summed E-state index contributed by atoms with van der Waals surface area (Å²) in [5.41, 5.74) is 6.32. The van der Waals surface area contributed by atoms with E-state index in [1.165, 1.54) is 30.3 Å². The smallest absolute Gasteiger partial charge is 0.490 e. The summed E-state index contributed by atoms with van der Waals surface area (Å²) in [4.78, 5) is 41.0. The molecule has 1 saturated carbocycles. The number of benzene rings is 4. The number of piperidine rings is 1. The van der Waals surface area contributed by atoms with Crippen molar-refractivity contribution in [2.24, 2.45) is 5.73 Å². The number of hydrogen-bond acceptors (Lipinski definition) is 6. The summed E-state index contributed by atoms with van der Waals surface area (Å²) in [6.07, 6.45) is -3.23. The lowest BCUT2D eigenvalue weighted by Gasteiger charge is -2.36. The quantitative estimate of drug-likeness (QED) is 0.126. The number of nitrogens with zero attached hydrogens (tertiary/aromatic N) is 1. The van der Waals surface area contributed by atoms with Gasteiger partial charge < -0.3 is 25.4 Å². The van der Waals surface area contributed by atoms with Crippen LogP contribution in [0.1, 0.15) is 55.8 Å². The Morgan fingerprint density at radius 2 is 1.38 bits per heavy atom. The van der Waals surface area contributed by atoms with E-state index in [9.17, 15) is 27.6 Å². The summed E-state index contributed by atoms with van der Waals surface area (Å²) in [5.74, 6) is -8.93. The maximum absolute atomic E-state index is 16.6. The molecule has 8 nitrogen and oxygen atoms in total. The lowest BCUT2D eigenvalue weighted by atomic mass is 9.95. The van der Waals surface area contributed by atoms with Crippen LogP contribution in [-0.2, 0) is 25.0 Å². The highest BCUT2D eigenvalue weighted by molar-refractivity contribution is 6.30. The number of nitrogens with two attached hydrogens (primary N) is 1. The van der Waals surface area contributed by atoms with Gasteiger partial charge in [-0.2, -0.15) is 22.0 Å². The predicted molar refractivity (Wildman–Crippen MR) is 188 cm³/mol. The summed E-state index contributed by atoms with van der Waals surface area (Å²) >= 11 is 5.97. The van der Waals surface area contributed by atoms with Crippen LogP contribution in [0.3, 0.4) is 0 Å². The molecule has 0 radical (unpaired) electrons. The zero-order valence-corrected chi connectivity index (χ0v) is 29.1. The fraction of sp³-hybridized carbons (Fsp3) is 0.359. The molecule has 6 rings (SSSR count). The molecule has 0 spiro atoms. The van der Waals surface area contributed by atoms with E-state index in [1.54, 1.807) is 42.5 Å². The minimum Gasteiger partial charge on any atom is -0.490 e. The number of nitrogens with one attached hydrogen (secondary N) is 1. The highest BCUT2D eigenvalue weighted by atomic mass is 35.5. The Labute approximate surface area is 307 Å². The second-order valence-electron chi connectivity index (χ2n) is 13.4. The monoisotopic (exact) mass is 757 g/mol. The minimum absolute atomic E-state index is 0.0154. The van der Waals surface area contributed by atoms with Crippen molar-refractivity contribution in [1.29, 1.82) is 0 Å². The minimum atomic E-state index is -5.51. The molecule has 280 valence electrons. The van der Waals surface area contributed by atoms with E-state index in [0.717, 1.165) is 42.7 Å². The van der Waals surface area contributed by atoms with Crippen molar-refractivity contribution in [2.45, 2.75) is 74.9 Å². The van der Waals surface area contributed by atoms with Gasteiger partial charge in [0.1, 0.15) is 5.75 Å². The first-order chi connectivity index (χ1) is 25.2. The predicted octanol–water partition coefficient (Wildman–Crippen LogP) is 7.85. The first kappa shape index (κ1) is 38.0. The van der Waals surface area contributed by atoms with E-state index < -0.39 is 47.6 Å². The van der Waals surface area contributed by atoms with E-state index in [4.69, 9.17) is 22.1 Å². The van der Waals surface area contributed by atoms with Crippen LogP contribution in [0, 0.1) is 0 Å². The largest absolute Gasteiger partial charge is 0.490 e. The fourth-order valence-electron chi connectivity index (χ4n) is 6.65. The Hall–Kier alpha value is -4.75. The van der Waals surface area contributed by atoms with Gasteiger partial charge >= 0.3 is 18.1 Å². The van der Waals surface area contributed by atoms with Gasteiger partial charge in [0.15, 0.2) is 6.04 Å². The Morgan fingerprint density at radius 3 is 2.00 bits per heavy atom. The zero-order valence-electron chi connectivity index (χ0n) is 28.4. The SMILES string of the molecule is NC1CCN(C(=O)[C@H](NC(=O)[C@H](OC(=O)C(F)(F)F)c2ccc3cc(OC4CCCC4)ccc3c2)C(F)(F)c2ccc(-c3ccc(Cl)cc3)cc2)CC1. The van der Waals surface area contributed by atoms with Gasteiger partial charge in [-0.15, -0.1) is 0 Å².